The first-order valence-electron chi connectivity index (χ1n) is 5.83. The van der Waals surface area contributed by atoms with Gasteiger partial charge in [-0.15, -0.1) is 0 Å². The van der Waals surface area contributed by atoms with Crippen LogP contribution in [0.5, 0.6) is 0 Å². The molecule has 0 unspecified atom stereocenters. The van der Waals surface area contributed by atoms with Gasteiger partial charge in [-0.25, -0.2) is 12.8 Å². The molecule has 1 heterocycles. The minimum absolute atomic E-state index is 0.0561. The van der Waals surface area contributed by atoms with Gasteiger partial charge in [0.05, 0.1) is 16.5 Å². The van der Waals surface area contributed by atoms with Gasteiger partial charge in [0.1, 0.15) is 5.82 Å². The fourth-order valence-electron chi connectivity index (χ4n) is 2.19. The van der Waals surface area contributed by atoms with Gasteiger partial charge in [-0.1, -0.05) is 0 Å². The molecule has 1 saturated heterocycles. The summed E-state index contributed by atoms with van der Waals surface area (Å²) < 4.78 is 36.6. The van der Waals surface area contributed by atoms with Gasteiger partial charge in [-0.2, -0.15) is 0 Å². The molecular formula is C12H15FN2O3S. The quantitative estimate of drug-likeness (QED) is 0.879. The number of benzene rings is 1. The molecule has 2 N–H and O–H groups in total. The van der Waals surface area contributed by atoms with E-state index in [2.05, 4.69) is 0 Å². The maximum absolute atomic E-state index is 13.9. The second kappa shape index (κ2) is 4.80. The van der Waals surface area contributed by atoms with Crippen molar-refractivity contribution in [3.8, 4) is 0 Å². The Morgan fingerprint density at radius 1 is 1.47 bits per heavy atom. The monoisotopic (exact) mass is 286 g/mol. The number of halogens is 1. The Balaban J connectivity index is 2.26. The van der Waals surface area contributed by atoms with E-state index in [1.807, 2.05) is 0 Å². The highest BCUT2D eigenvalue weighted by Gasteiger charge is 2.28. The number of hydrogen-bond acceptors (Lipinski definition) is 4. The Labute approximate surface area is 111 Å². The van der Waals surface area contributed by atoms with Gasteiger partial charge in [0.15, 0.2) is 9.84 Å². The van der Waals surface area contributed by atoms with Crippen molar-refractivity contribution in [1.82, 2.24) is 0 Å². The van der Waals surface area contributed by atoms with Crippen molar-refractivity contribution in [2.75, 3.05) is 24.2 Å². The molecule has 1 amide bonds. The summed E-state index contributed by atoms with van der Waals surface area (Å²) in [6.45, 7) is 0.896. The number of sulfone groups is 1. The molecular weight excluding hydrogens is 271 g/mol. The molecule has 0 aliphatic carbocycles. The molecule has 1 fully saturated rings. The number of amides is 1. The molecule has 1 aromatic carbocycles. The van der Waals surface area contributed by atoms with E-state index < -0.39 is 21.6 Å². The Kier molecular flexibility index (Phi) is 3.49. The molecule has 1 aliphatic heterocycles. The minimum Gasteiger partial charge on any atom is -0.369 e. The summed E-state index contributed by atoms with van der Waals surface area (Å²) in [6, 6.07) is 3.79. The van der Waals surface area contributed by atoms with E-state index in [-0.39, 0.29) is 10.8 Å². The van der Waals surface area contributed by atoms with E-state index in [9.17, 15) is 17.6 Å². The highest BCUT2D eigenvalue weighted by molar-refractivity contribution is 7.90. The molecule has 1 aromatic rings. The maximum Gasteiger partial charge on any atom is 0.222 e. The Hall–Kier alpha value is -1.63. The smallest absolute Gasteiger partial charge is 0.222 e. The van der Waals surface area contributed by atoms with Gasteiger partial charge in [-0.3, -0.25) is 4.79 Å². The number of hydrogen-bond donors (Lipinski definition) is 1. The first kappa shape index (κ1) is 13.8. The third-order valence-electron chi connectivity index (χ3n) is 3.28. The van der Waals surface area contributed by atoms with Crippen LogP contribution < -0.4 is 10.6 Å². The summed E-state index contributed by atoms with van der Waals surface area (Å²) in [6.07, 6.45) is 1.61. The van der Waals surface area contributed by atoms with Crippen LogP contribution in [0, 0.1) is 11.7 Å². The standard InChI is InChI=1S/C12H15FN2O3S/c1-19(17,18)9-2-3-11(10(13)6-9)15-5-4-8(7-15)12(14)16/h2-3,6,8H,4-5,7H2,1H3,(H2,14,16)/t8-/m0/s1. The van der Waals surface area contributed by atoms with E-state index in [1.54, 1.807) is 4.90 Å². The molecule has 7 heteroatoms. The number of carbonyl (C=O) groups is 1. The van der Waals surface area contributed by atoms with Crippen LogP contribution in [0.15, 0.2) is 23.1 Å². The lowest BCUT2D eigenvalue weighted by atomic mass is 10.1. The summed E-state index contributed by atoms with van der Waals surface area (Å²) in [5.74, 6) is -1.28. The highest BCUT2D eigenvalue weighted by Crippen LogP contribution is 2.27. The van der Waals surface area contributed by atoms with Crippen LogP contribution in [0.1, 0.15) is 6.42 Å². The van der Waals surface area contributed by atoms with Crippen LogP contribution in [0.25, 0.3) is 0 Å². The second-order valence-electron chi connectivity index (χ2n) is 4.72. The van der Waals surface area contributed by atoms with Gasteiger partial charge in [0.25, 0.3) is 0 Å². The molecule has 2 rings (SSSR count). The zero-order valence-corrected chi connectivity index (χ0v) is 11.3. The van der Waals surface area contributed by atoms with Crippen LogP contribution in [0.2, 0.25) is 0 Å². The summed E-state index contributed by atoms with van der Waals surface area (Å²) in [7, 11) is -3.42. The number of anilines is 1. The SMILES string of the molecule is CS(=O)(=O)c1ccc(N2CC[C@H](C(N)=O)C2)c(F)c1. The van der Waals surface area contributed by atoms with Gasteiger partial charge in [-0.05, 0) is 24.6 Å². The predicted molar refractivity (Wildman–Crippen MR) is 69.0 cm³/mol. The number of nitrogens with two attached hydrogens (primary N) is 1. The Morgan fingerprint density at radius 2 is 2.16 bits per heavy atom. The average Bonchev–Trinajstić information content (AvgIpc) is 2.76. The minimum atomic E-state index is -3.42. The van der Waals surface area contributed by atoms with Crippen LogP contribution in [0.3, 0.4) is 0 Å². The van der Waals surface area contributed by atoms with E-state index in [0.29, 0.717) is 25.2 Å². The Morgan fingerprint density at radius 3 is 2.63 bits per heavy atom. The molecule has 1 atom stereocenters. The van der Waals surface area contributed by atoms with Crippen molar-refractivity contribution < 1.29 is 17.6 Å². The van der Waals surface area contributed by atoms with Crippen LogP contribution >= 0.6 is 0 Å². The molecule has 5 nitrogen and oxygen atoms in total. The third-order valence-corrected chi connectivity index (χ3v) is 4.39. The molecule has 1 aliphatic rings. The van der Waals surface area contributed by atoms with E-state index in [4.69, 9.17) is 5.73 Å². The summed E-state index contributed by atoms with van der Waals surface area (Å²) in [4.78, 5) is 12.7. The van der Waals surface area contributed by atoms with Gasteiger partial charge >= 0.3 is 0 Å². The largest absolute Gasteiger partial charge is 0.369 e. The van der Waals surface area contributed by atoms with Crippen LogP contribution in [-0.2, 0) is 14.6 Å². The fourth-order valence-corrected chi connectivity index (χ4v) is 2.82. The average molecular weight is 286 g/mol. The fraction of sp³-hybridized carbons (Fsp3) is 0.417. The van der Waals surface area contributed by atoms with E-state index in [0.717, 1.165) is 12.3 Å². The lowest BCUT2D eigenvalue weighted by molar-refractivity contribution is -0.121. The predicted octanol–water partition coefficient (Wildman–Crippen LogP) is 0.541. The summed E-state index contributed by atoms with van der Waals surface area (Å²) >= 11 is 0. The van der Waals surface area contributed by atoms with Crippen LogP contribution in [-0.4, -0.2) is 33.7 Å². The number of nitrogens with zero attached hydrogens (tertiary/aromatic N) is 1. The zero-order valence-electron chi connectivity index (χ0n) is 10.5. The summed E-state index contributed by atoms with van der Waals surface area (Å²) in [5, 5.41) is 0. The summed E-state index contributed by atoms with van der Waals surface area (Å²) in [5.41, 5.74) is 5.52. The topological polar surface area (TPSA) is 80.5 Å². The normalized spacial score (nSPS) is 19.7. The number of rotatable bonds is 3. The molecule has 104 valence electrons. The molecule has 0 radical (unpaired) electrons. The zero-order chi connectivity index (χ0) is 14.2. The van der Waals surface area contributed by atoms with Gasteiger partial charge < -0.3 is 10.6 Å². The van der Waals surface area contributed by atoms with Crippen LogP contribution in [0.4, 0.5) is 10.1 Å². The van der Waals surface area contributed by atoms with Crippen molar-refractivity contribution in [3.63, 3.8) is 0 Å². The van der Waals surface area contributed by atoms with E-state index >= 15 is 0 Å². The second-order valence-corrected chi connectivity index (χ2v) is 6.74. The van der Waals surface area contributed by atoms with Gasteiger partial charge in [0.2, 0.25) is 5.91 Å². The van der Waals surface area contributed by atoms with E-state index in [1.165, 1.54) is 12.1 Å². The molecule has 0 bridgehead atoms. The third kappa shape index (κ3) is 2.86. The molecule has 0 spiro atoms. The lowest BCUT2D eigenvalue weighted by Gasteiger charge is -2.19. The number of primary amides is 1. The number of carbonyl (C=O) groups excluding carboxylic acids is 1. The molecule has 19 heavy (non-hydrogen) atoms. The van der Waals surface area contributed by atoms with Crippen molar-refractivity contribution in [1.29, 1.82) is 0 Å². The first-order valence-corrected chi connectivity index (χ1v) is 7.72. The Bertz CT molecular complexity index is 615. The molecule has 0 aromatic heterocycles. The first-order chi connectivity index (χ1) is 8.79. The van der Waals surface area contributed by atoms with Crippen molar-refractivity contribution in [2.45, 2.75) is 11.3 Å². The van der Waals surface area contributed by atoms with Crippen molar-refractivity contribution in [2.24, 2.45) is 11.7 Å². The molecule has 0 saturated carbocycles. The van der Waals surface area contributed by atoms with Crippen molar-refractivity contribution >= 4 is 21.4 Å². The highest BCUT2D eigenvalue weighted by atomic mass is 32.2. The lowest BCUT2D eigenvalue weighted by Crippen LogP contribution is -2.27. The van der Waals surface area contributed by atoms with Crippen molar-refractivity contribution in [3.05, 3.63) is 24.0 Å². The maximum atomic E-state index is 13.9. The van der Waals surface area contributed by atoms with Gasteiger partial charge in [0, 0.05) is 19.3 Å².